The predicted octanol–water partition coefficient (Wildman–Crippen LogP) is 3.24. The van der Waals surface area contributed by atoms with Crippen molar-refractivity contribution in [2.24, 2.45) is 0 Å². The molecule has 0 atom stereocenters. The van der Waals surface area contributed by atoms with Crippen LogP contribution >= 0.6 is 0 Å². The molecule has 3 heterocycles. The molecule has 190 valence electrons. The molecule has 9 nitrogen and oxygen atoms in total. The molecule has 2 aliphatic heterocycles. The number of rotatable bonds is 8. The maximum Gasteiger partial charge on any atom is 0.243 e. The van der Waals surface area contributed by atoms with Gasteiger partial charge in [0.15, 0.2) is 0 Å². The lowest BCUT2D eigenvalue weighted by Crippen LogP contribution is -2.67. The summed E-state index contributed by atoms with van der Waals surface area (Å²) in [5, 5.41) is 16.9. The van der Waals surface area contributed by atoms with E-state index in [0.717, 1.165) is 25.9 Å². The number of sulfonamides is 1. The lowest BCUT2D eigenvalue weighted by atomic mass is 9.97. The summed E-state index contributed by atoms with van der Waals surface area (Å²) in [6, 6.07) is 12.8. The fourth-order valence-electron chi connectivity index (χ4n) is 4.58. The molecule has 0 bridgehead atoms. The molecule has 0 amide bonds. The number of hydrogen-bond acceptors (Lipinski definition) is 8. The molecule has 0 spiro atoms. The number of aliphatic hydroxyl groups is 1. The molecule has 2 saturated heterocycles. The van der Waals surface area contributed by atoms with Gasteiger partial charge in [0, 0.05) is 37.2 Å². The second kappa shape index (κ2) is 9.74. The molecule has 11 heteroatoms. The summed E-state index contributed by atoms with van der Waals surface area (Å²) in [4.78, 5) is 11.0. The minimum absolute atomic E-state index is 0.104. The molecule has 0 saturated carbocycles. The molecule has 3 aromatic rings. The van der Waals surface area contributed by atoms with Crippen LogP contribution in [-0.4, -0.2) is 71.0 Å². The number of halogens is 1. The number of benzene rings is 2. The topological polar surface area (TPSA) is 111 Å². The molecule has 3 N–H and O–H groups in total. The Hall–Kier alpha value is -3.12. The largest absolute Gasteiger partial charge is 0.386 e. The van der Waals surface area contributed by atoms with Crippen molar-refractivity contribution in [3.63, 3.8) is 0 Å². The number of nitrogens with one attached hydrogen (secondary N) is 2. The third-order valence-corrected chi connectivity index (χ3v) is 8.30. The maximum atomic E-state index is 13.5. The summed E-state index contributed by atoms with van der Waals surface area (Å²) in [5.74, 6) is 0.573. The first kappa shape index (κ1) is 24.6. The van der Waals surface area contributed by atoms with Crippen molar-refractivity contribution in [3.05, 3.63) is 66.1 Å². The molecular weight excluding hydrogens is 483 g/mol. The first-order valence-corrected chi connectivity index (χ1v) is 13.3. The lowest BCUT2D eigenvalue weighted by Gasteiger charge is -2.46. The van der Waals surface area contributed by atoms with Crippen LogP contribution in [0, 0.1) is 12.7 Å². The van der Waals surface area contributed by atoms with Crippen molar-refractivity contribution in [2.75, 3.05) is 43.4 Å². The van der Waals surface area contributed by atoms with Crippen LogP contribution < -0.4 is 10.6 Å². The zero-order valence-electron chi connectivity index (χ0n) is 20.0. The van der Waals surface area contributed by atoms with E-state index in [2.05, 4.69) is 25.5 Å². The van der Waals surface area contributed by atoms with Crippen LogP contribution in [0.4, 0.5) is 27.5 Å². The molecule has 36 heavy (non-hydrogen) atoms. The van der Waals surface area contributed by atoms with Crippen LogP contribution in [0.1, 0.15) is 18.4 Å². The summed E-state index contributed by atoms with van der Waals surface area (Å²) in [6.45, 7) is 4.32. The van der Waals surface area contributed by atoms with Gasteiger partial charge in [-0.25, -0.2) is 17.8 Å². The number of anilines is 4. The summed E-state index contributed by atoms with van der Waals surface area (Å²) in [5.41, 5.74) is 0.864. The standard InChI is InChI=1S/C25H29FN6O3S/c1-18-14-20(6-9-22(18)26)28-23-10-11-27-24(30-23)29-19-4-7-21(8-5-19)36(34,35)32-16-25(33,17-32)15-31-12-2-3-13-31/h4-11,14,33H,2-3,12-13,15-17H2,1H3,(H2,27,28,29,30). The smallest absolute Gasteiger partial charge is 0.243 e. The van der Waals surface area contributed by atoms with Gasteiger partial charge in [-0.3, -0.25) is 0 Å². The quantitative estimate of drug-likeness (QED) is 0.422. The monoisotopic (exact) mass is 512 g/mol. The molecular formula is C25H29FN6O3S. The van der Waals surface area contributed by atoms with Crippen LogP contribution in [0.2, 0.25) is 0 Å². The van der Waals surface area contributed by atoms with Gasteiger partial charge in [0.25, 0.3) is 0 Å². The fraction of sp³-hybridized carbons (Fsp3) is 0.360. The highest BCUT2D eigenvalue weighted by Crippen LogP contribution is 2.30. The zero-order valence-corrected chi connectivity index (χ0v) is 20.8. The van der Waals surface area contributed by atoms with Gasteiger partial charge >= 0.3 is 0 Å². The number of aryl methyl sites for hydroxylation is 1. The van der Waals surface area contributed by atoms with E-state index in [0.29, 0.717) is 35.2 Å². The number of aromatic nitrogens is 2. The minimum Gasteiger partial charge on any atom is -0.386 e. The molecule has 5 rings (SSSR count). The Morgan fingerprint density at radius 3 is 2.42 bits per heavy atom. The first-order valence-electron chi connectivity index (χ1n) is 11.9. The van der Waals surface area contributed by atoms with Gasteiger partial charge in [-0.15, -0.1) is 0 Å². The number of nitrogens with zero attached hydrogens (tertiary/aromatic N) is 4. The lowest BCUT2D eigenvalue weighted by molar-refractivity contribution is -0.0767. The van der Waals surface area contributed by atoms with Crippen molar-refractivity contribution in [1.82, 2.24) is 19.2 Å². The normalized spacial score (nSPS) is 18.1. The highest BCUT2D eigenvalue weighted by molar-refractivity contribution is 7.89. The number of β-amino-alcohol motifs (C(OH)–C–C–N with tert-alkyl or cyclic N) is 1. The average Bonchev–Trinajstić information content (AvgIpc) is 3.33. The van der Waals surface area contributed by atoms with Crippen molar-refractivity contribution in [2.45, 2.75) is 30.3 Å². The van der Waals surface area contributed by atoms with Crippen LogP contribution in [-0.2, 0) is 10.0 Å². The molecule has 2 aliphatic rings. The SMILES string of the molecule is Cc1cc(Nc2ccnc(Nc3ccc(S(=O)(=O)N4CC(O)(CN5CCCC5)C4)cc3)n2)ccc1F. The highest BCUT2D eigenvalue weighted by Gasteiger charge is 2.48. The zero-order chi connectivity index (χ0) is 25.3. The Labute approximate surface area is 210 Å². The van der Waals surface area contributed by atoms with E-state index in [1.807, 2.05) is 0 Å². The van der Waals surface area contributed by atoms with Crippen LogP contribution in [0.25, 0.3) is 0 Å². The third kappa shape index (κ3) is 5.34. The van der Waals surface area contributed by atoms with Crippen LogP contribution in [0.3, 0.4) is 0 Å². The molecule has 0 unspecified atom stereocenters. The highest BCUT2D eigenvalue weighted by atomic mass is 32.2. The predicted molar refractivity (Wildman–Crippen MR) is 136 cm³/mol. The molecule has 0 aliphatic carbocycles. The van der Waals surface area contributed by atoms with Gasteiger partial charge in [-0.1, -0.05) is 0 Å². The fourth-order valence-corrected chi connectivity index (χ4v) is 6.18. The Balaban J connectivity index is 1.21. The Kier molecular flexibility index (Phi) is 6.64. The summed E-state index contributed by atoms with van der Waals surface area (Å²) < 4.78 is 40.8. The average molecular weight is 513 g/mol. The van der Waals surface area contributed by atoms with Gasteiger partial charge in [-0.2, -0.15) is 9.29 Å². The van der Waals surface area contributed by atoms with Crippen molar-refractivity contribution >= 4 is 33.2 Å². The third-order valence-electron chi connectivity index (χ3n) is 6.49. The van der Waals surface area contributed by atoms with E-state index in [1.165, 1.54) is 22.5 Å². The van der Waals surface area contributed by atoms with Crippen molar-refractivity contribution in [1.29, 1.82) is 0 Å². The van der Waals surface area contributed by atoms with Gasteiger partial charge < -0.3 is 20.6 Å². The van der Waals surface area contributed by atoms with E-state index in [1.54, 1.807) is 43.5 Å². The van der Waals surface area contributed by atoms with E-state index < -0.39 is 15.6 Å². The van der Waals surface area contributed by atoms with Crippen molar-refractivity contribution < 1.29 is 17.9 Å². The molecule has 1 aromatic heterocycles. The Morgan fingerprint density at radius 2 is 1.72 bits per heavy atom. The number of hydrogen-bond donors (Lipinski definition) is 3. The molecule has 0 radical (unpaired) electrons. The van der Waals surface area contributed by atoms with E-state index in [-0.39, 0.29) is 23.8 Å². The Bertz CT molecular complexity index is 1340. The van der Waals surface area contributed by atoms with Gasteiger partial charge in [0.05, 0.1) is 4.90 Å². The molecule has 2 fully saturated rings. The summed E-state index contributed by atoms with van der Waals surface area (Å²) >= 11 is 0. The second-order valence-electron chi connectivity index (χ2n) is 9.48. The minimum atomic E-state index is -3.69. The van der Waals surface area contributed by atoms with E-state index >= 15 is 0 Å². The van der Waals surface area contributed by atoms with Crippen LogP contribution in [0.5, 0.6) is 0 Å². The Morgan fingerprint density at radius 1 is 1.03 bits per heavy atom. The van der Waals surface area contributed by atoms with E-state index in [9.17, 15) is 17.9 Å². The van der Waals surface area contributed by atoms with Gasteiger partial charge in [-0.05, 0) is 86.9 Å². The maximum absolute atomic E-state index is 13.5. The summed E-state index contributed by atoms with van der Waals surface area (Å²) in [6.07, 6.45) is 3.83. The summed E-state index contributed by atoms with van der Waals surface area (Å²) in [7, 11) is -3.69. The van der Waals surface area contributed by atoms with Gasteiger partial charge in [0.2, 0.25) is 16.0 Å². The molecule has 2 aromatic carbocycles. The second-order valence-corrected chi connectivity index (χ2v) is 11.4. The first-order chi connectivity index (χ1) is 17.2. The van der Waals surface area contributed by atoms with Gasteiger partial charge in [0.1, 0.15) is 17.2 Å². The van der Waals surface area contributed by atoms with E-state index in [4.69, 9.17) is 0 Å². The number of likely N-dealkylation sites (tertiary alicyclic amines) is 1. The van der Waals surface area contributed by atoms with Crippen molar-refractivity contribution in [3.8, 4) is 0 Å². The van der Waals surface area contributed by atoms with Crippen LogP contribution in [0.15, 0.2) is 59.6 Å².